The summed E-state index contributed by atoms with van der Waals surface area (Å²) in [6, 6.07) is 27.6. The minimum atomic E-state index is -0.273. The molecule has 0 radical (unpaired) electrons. The van der Waals surface area contributed by atoms with Gasteiger partial charge in [-0.2, -0.15) is 0 Å². The van der Waals surface area contributed by atoms with Crippen LogP contribution in [0.4, 0.5) is 0 Å². The maximum absolute atomic E-state index is 14.2. The van der Waals surface area contributed by atoms with Crippen LogP contribution in [0.5, 0.6) is 0 Å². The van der Waals surface area contributed by atoms with Gasteiger partial charge in [-0.25, -0.2) is 4.98 Å². The van der Waals surface area contributed by atoms with Gasteiger partial charge in [0.2, 0.25) is 5.91 Å². The fraction of sp³-hybridized carbons (Fsp3) is 0.242. The molecule has 0 fully saturated rings. The highest BCUT2D eigenvalue weighted by Gasteiger charge is 2.31. The molecule has 0 saturated carbocycles. The van der Waals surface area contributed by atoms with Crippen LogP contribution >= 0.6 is 34.9 Å². The molecule has 6 rings (SSSR count). The number of nitrogens with zero attached hydrogens (tertiary/aromatic N) is 2. The van der Waals surface area contributed by atoms with Crippen LogP contribution in [0.3, 0.4) is 0 Å². The number of hydrogen-bond acceptors (Lipinski definition) is 6. The molecule has 1 N–H and O–H groups in total. The largest absolute Gasteiger partial charge is 0.344 e. The molecule has 0 bridgehead atoms. The van der Waals surface area contributed by atoms with Crippen molar-refractivity contribution in [3.05, 3.63) is 122 Å². The van der Waals surface area contributed by atoms with Crippen LogP contribution in [0.1, 0.15) is 47.0 Å². The Labute approximate surface area is 252 Å². The van der Waals surface area contributed by atoms with Crippen molar-refractivity contribution in [1.29, 1.82) is 0 Å². The Bertz CT molecular complexity index is 1720. The Morgan fingerprint density at radius 3 is 2.27 bits per heavy atom. The second-order valence-corrected chi connectivity index (χ2v) is 14.6. The number of aromatic nitrogens is 2. The van der Waals surface area contributed by atoms with Crippen molar-refractivity contribution in [2.24, 2.45) is 0 Å². The van der Waals surface area contributed by atoms with Crippen molar-refractivity contribution >= 4 is 51.0 Å². The summed E-state index contributed by atoms with van der Waals surface area (Å²) in [4.78, 5) is 34.6. The van der Waals surface area contributed by atoms with Crippen molar-refractivity contribution in [3.8, 4) is 5.69 Å². The number of hydrogen-bond donors (Lipinski definition) is 1. The van der Waals surface area contributed by atoms with Gasteiger partial charge in [0.15, 0.2) is 5.16 Å². The van der Waals surface area contributed by atoms with Gasteiger partial charge in [0.05, 0.1) is 22.9 Å². The fourth-order valence-corrected chi connectivity index (χ4v) is 8.38. The summed E-state index contributed by atoms with van der Waals surface area (Å²) in [6.07, 6.45) is 0.840. The van der Waals surface area contributed by atoms with Gasteiger partial charge < -0.3 is 5.32 Å². The van der Waals surface area contributed by atoms with Gasteiger partial charge in [-0.15, -0.1) is 23.1 Å². The van der Waals surface area contributed by atoms with Crippen LogP contribution in [0.2, 0.25) is 0 Å². The predicted molar refractivity (Wildman–Crippen MR) is 173 cm³/mol. The van der Waals surface area contributed by atoms with E-state index in [2.05, 4.69) is 19.2 Å². The first kappa shape index (κ1) is 27.8. The maximum Gasteiger partial charge on any atom is 0.267 e. The molecule has 0 spiro atoms. The molecule has 41 heavy (non-hydrogen) atoms. The monoisotopic (exact) mass is 597 g/mol. The van der Waals surface area contributed by atoms with Crippen LogP contribution in [0.15, 0.2) is 94.9 Å². The molecule has 3 aromatic carbocycles. The summed E-state index contributed by atoms with van der Waals surface area (Å²) in [5.74, 6) is 0.896. The number of fused-ring (bicyclic) bond motifs is 3. The minimum absolute atomic E-state index is 0.0617. The first-order valence-electron chi connectivity index (χ1n) is 13.6. The highest BCUT2D eigenvalue weighted by molar-refractivity contribution is 8.00. The van der Waals surface area contributed by atoms with Crippen LogP contribution in [0, 0.1) is 6.92 Å². The summed E-state index contributed by atoms with van der Waals surface area (Å²) in [5.41, 5.74) is 4.97. The molecule has 3 heterocycles. The highest BCUT2D eigenvalue weighted by Crippen LogP contribution is 2.44. The van der Waals surface area contributed by atoms with E-state index in [4.69, 9.17) is 4.98 Å². The van der Waals surface area contributed by atoms with E-state index in [9.17, 15) is 9.59 Å². The standard InChI is InChI=1S/C33H31N3O2S3/c1-21-14-16-24(17-15-21)36-31(38)28-25-18-33(2,3)40-19-26(25)41-30(28)35-32(36)39-20-27(37)34-29(22-10-6-4-7-11-22)23-12-8-5-9-13-23/h4-17,29H,18-20H2,1-3H3,(H,34,37). The lowest BCUT2D eigenvalue weighted by Gasteiger charge is -2.28. The van der Waals surface area contributed by atoms with E-state index in [1.54, 1.807) is 15.9 Å². The van der Waals surface area contributed by atoms with Crippen molar-refractivity contribution in [3.63, 3.8) is 0 Å². The number of carbonyl (C=O) groups excluding carboxylic acids is 1. The topological polar surface area (TPSA) is 64.0 Å². The third kappa shape index (κ3) is 5.87. The number of rotatable bonds is 7. The third-order valence-electron chi connectivity index (χ3n) is 7.27. The quantitative estimate of drug-likeness (QED) is 0.157. The summed E-state index contributed by atoms with van der Waals surface area (Å²) >= 11 is 4.84. The van der Waals surface area contributed by atoms with Crippen molar-refractivity contribution in [1.82, 2.24) is 14.9 Å². The van der Waals surface area contributed by atoms with Crippen molar-refractivity contribution in [2.45, 2.75) is 48.9 Å². The average molecular weight is 598 g/mol. The Morgan fingerprint density at radius 2 is 1.63 bits per heavy atom. The van der Waals surface area contributed by atoms with E-state index in [1.165, 1.54) is 16.6 Å². The van der Waals surface area contributed by atoms with E-state index in [-0.39, 0.29) is 28.0 Å². The van der Waals surface area contributed by atoms with Gasteiger partial charge in [0.1, 0.15) is 4.83 Å². The number of thiophene rings is 1. The van der Waals surface area contributed by atoms with E-state index < -0.39 is 0 Å². The SMILES string of the molecule is Cc1ccc(-n2c(SCC(=O)NC(c3ccccc3)c3ccccc3)nc3sc4c(c3c2=O)CC(C)(C)SC4)cc1. The van der Waals surface area contributed by atoms with Crippen LogP contribution < -0.4 is 10.9 Å². The number of aryl methyl sites for hydroxylation is 1. The lowest BCUT2D eigenvalue weighted by Crippen LogP contribution is -2.31. The van der Waals surface area contributed by atoms with Gasteiger partial charge in [-0.1, -0.05) is 104 Å². The molecule has 0 atom stereocenters. The molecule has 1 aliphatic rings. The molecule has 0 saturated heterocycles. The summed E-state index contributed by atoms with van der Waals surface area (Å²) in [5, 5.41) is 4.47. The Balaban J connectivity index is 1.35. The molecule has 8 heteroatoms. The average Bonchev–Trinajstić information content (AvgIpc) is 3.33. The second-order valence-electron chi connectivity index (χ2n) is 10.9. The zero-order valence-corrected chi connectivity index (χ0v) is 25.7. The van der Waals surface area contributed by atoms with Crippen molar-refractivity contribution < 1.29 is 4.79 Å². The van der Waals surface area contributed by atoms with E-state index in [1.807, 2.05) is 104 Å². The molecule has 0 aliphatic carbocycles. The molecule has 5 aromatic rings. The number of benzene rings is 3. The molecule has 5 nitrogen and oxygen atoms in total. The maximum atomic E-state index is 14.2. The Hall–Kier alpha value is -3.33. The zero-order valence-electron chi connectivity index (χ0n) is 23.2. The van der Waals surface area contributed by atoms with Gasteiger partial charge >= 0.3 is 0 Å². The highest BCUT2D eigenvalue weighted by atomic mass is 32.2. The molecular formula is C33H31N3O2S3. The summed E-state index contributed by atoms with van der Waals surface area (Å²) < 4.78 is 1.76. The third-order valence-corrected chi connectivity index (χ3v) is 10.9. The van der Waals surface area contributed by atoms with E-state index >= 15 is 0 Å². The fourth-order valence-electron chi connectivity index (χ4n) is 5.18. The normalized spacial score (nSPS) is 14.2. The van der Waals surface area contributed by atoms with Gasteiger partial charge in [0.25, 0.3) is 5.56 Å². The predicted octanol–water partition coefficient (Wildman–Crippen LogP) is 7.32. The van der Waals surface area contributed by atoms with Crippen molar-refractivity contribution in [2.75, 3.05) is 5.75 Å². The van der Waals surface area contributed by atoms with Gasteiger partial charge in [-0.3, -0.25) is 14.2 Å². The lowest BCUT2D eigenvalue weighted by atomic mass is 9.99. The molecule has 1 amide bonds. The zero-order chi connectivity index (χ0) is 28.6. The Kier molecular flexibility index (Phi) is 7.81. The van der Waals surface area contributed by atoms with Gasteiger partial charge in [-0.05, 0) is 42.2 Å². The number of nitrogens with one attached hydrogen (secondary N) is 1. The summed E-state index contributed by atoms with van der Waals surface area (Å²) in [6.45, 7) is 6.49. The molecule has 0 unspecified atom stereocenters. The van der Waals surface area contributed by atoms with E-state index in [0.29, 0.717) is 5.16 Å². The minimum Gasteiger partial charge on any atom is -0.344 e. The number of carbonyl (C=O) groups is 1. The van der Waals surface area contributed by atoms with Crippen LogP contribution in [-0.4, -0.2) is 26.0 Å². The number of amides is 1. The molecular weight excluding hydrogens is 567 g/mol. The molecule has 208 valence electrons. The first-order chi connectivity index (χ1) is 19.8. The Morgan fingerprint density at radius 1 is 1.00 bits per heavy atom. The van der Waals surface area contributed by atoms with Gasteiger partial charge in [0, 0.05) is 15.4 Å². The summed E-state index contributed by atoms with van der Waals surface area (Å²) in [7, 11) is 0. The first-order valence-corrected chi connectivity index (χ1v) is 16.4. The number of thioether (sulfide) groups is 2. The van der Waals surface area contributed by atoms with Crippen LogP contribution in [-0.2, 0) is 17.0 Å². The van der Waals surface area contributed by atoms with E-state index in [0.717, 1.165) is 50.3 Å². The molecule has 2 aromatic heterocycles. The smallest absolute Gasteiger partial charge is 0.267 e. The lowest BCUT2D eigenvalue weighted by molar-refractivity contribution is -0.119. The van der Waals surface area contributed by atoms with Crippen LogP contribution in [0.25, 0.3) is 15.9 Å². The second kappa shape index (κ2) is 11.5. The molecule has 1 aliphatic heterocycles.